The maximum absolute atomic E-state index is 3.60. The summed E-state index contributed by atoms with van der Waals surface area (Å²) in [4.78, 5) is 5.94. The van der Waals surface area contributed by atoms with Gasteiger partial charge in [-0.1, -0.05) is 13.3 Å². The van der Waals surface area contributed by atoms with E-state index in [9.17, 15) is 0 Å². The van der Waals surface area contributed by atoms with Crippen molar-refractivity contribution in [3.8, 4) is 0 Å². The molecule has 0 nitrogen and oxygen atoms in total. The molecule has 0 bridgehead atoms. The molecule has 1 heterocycles. The Kier molecular flexibility index (Phi) is 16.0. The Morgan fingerprint density at radius 1 is 0.720 bits per heavy atom. The van der Waals surface area contributed by atoms with E-state index in [0.29, 0.717) is 14.5 Å². The van der Waals surface area contributed by atoms with Gasteiger partial charge in [0.1, 0.15) is 0 Å². The van der Waals surface area contributed by atoms with Gasteiger partial charge in [0.25, 0.3) is 0 Å². The molecule has 1 unspecified atom stereocenters. The van der Waals surface area contributed by atoms with Crippen LogP contribution in [0, 0.1) is 10.9 Å². The van der Waals surface area contributed by atoms with E-state index in [1.807, 2.05) is 0 Å². The zero-order valence-electron chi connectivity index (χ0n) is 17.2. The van der Waals surface area contributed by atoms with Gasteiger partial charge in [-0.05, 0) is 0 Å². The molecule has 1 aromatic rings. The van der Waals surface area contributed by atoms with Gasteiger partial charge in [-0.3, -0.25) is 0 Å². The van der Waals surface area contributed by atoms with Crippen LogP contribution in [0.1, 0.15) is 122 Å². The average Bonchev–Trinajstić information content (AvgIpc) is 3.13. The molecule has 25 heavy (non-hydrogen) atoms. The monoisotopic (exact) mass is 411 g/mol. The van der Waals surface area contributed by atoms with Crippen molar-refractivity contribution in [3.05, 3.63) is 21.5 Å². The van der Waals surface area contributed by atoms with E-state index in [-0.39, 0.29) is 0 Å². The Bertz CT molecular complexity index is 354. The van der Waals surface area contributed by atoms with E-state index in [2.05, 4.69) is 29.8 Å². The van der Waals surface area contributed by atoms with Crippen molar-refractivity contribution in [1.29, 1.82) is 0 Å². The molecular formula is C24H43Se. The van der Waals surface area contributed by atoms with Crippen LogP contribution in [0.4, 0.5) is 0 Å². The van der Waals surface area contributed by atoms with Crippen LogP contribution in [-0.4, -0.2) is 14.5 Å². The Balaban J connectivity index is 2.13. The minimum absolute atomic E-state index is 0.540. The summed E-state index contributed by atoms with van der Waals surface area (Å²) >= 11 is 0.540. The van der Waals surface area contributed by atoms with Gasteiger partial charge in [-0.25, -0.2) is 0 Å². The predicted octanol–water partition coefficient (Wildman–Crippen LogP) is 7.98. The first-order valence-electron chi connectivity index (χ1n) is 11.3. The number of hydrogen-bond acceptors (Lipinski definition) is 0. The fraction of sp³-hybridized carbons (Fsp3) is 0.833. The molecule has 0 aliphatic rings. The fourth-order valence-electron chi connectivity index (χ4n) is 3.81. The topological polar surface area (TPSA) is 0 Å². The van der Waals surface area contributed by atoms with Crippen LogP contribution in [0.3, 0.4) is 0 Å². The quantitative estimate of drug-likeness (QED) is 0.170. The molecular weight excluding hydrogens is 367 g/mol. The molecule has 1 heteroatoms. The zero-order chi connectivity index (χ0) is 18.0. The van der Waals surface area contributed by atoms with Gasteiger partial charge < -0.3 is 0 Å². The maximum atomic E-state index is 3.60. The summed E-state index contributed by atoms with van der Waals surface area (Å²) in [7, 11) is 0. The van der Waals surface area contributed by atoms with E-state index in [1.54, 1.807) is 0 Å². The van der Waals surface area contributed by atoms with Crippen LogP contribution >= 0.6 is 0 Å². The Morgan fingerprint density at radius 2 is 1.20 bits per heavy atom. The first-order chi connectivity index (χ1) is 12.4. The summed E-state index contributed by atoms with van der Waals surface area (Å²) < 4.78 is 0. The van der Waals surface area contributed by atoms with E-state index in [0.717, 1.165) is 5.92 Å². The minimum atomic E-state index is 0.540. The summed E-state index contributed by atoms with van der Waals surface area (Å²) in [6.07, 6.45) is 24.4. The second-order valence-electron chi connectivity index (χ2n) is 7.94. The van der Waals surface area contributed by atoms with Crippen LogP contribution in [0.25, 0.3) is 0 Å². The molecule has 1 rings (SSSR count). The first-order valence-corrected chi connectivity index (χ1v) is 13.1. The Labute approximate surface area is 164 Å². The van der Waals surface area contributed by atoms with Crippen molar-refractivity contribution in [2.45, 2.75) is 123 Å². The van der Waals surface area contributed by atoms with Crippen molar-refractivity contribution >= 4 is 14.5 Å². The molecule has 0 fully saturated rings. The second kappa shape index (κ2) is 17.4. The summed E-state index contributed by atoms with van der Waals surface area (Å²) in [5.74, 6) is 0.923. The zero-order valence-corrected chi connectivity index (χ0v) is 18.9. The average molecular weight is 411 g/mol. The van der Waals surface area contributed by atoms with Crippen molar-refractivity contribution in [3.63, 3.8) is 0 Å². The van der Waals surface area contributed by atoms with E-state index >= 15 is 0 Å². The molecule has 0 amide bonds. The van der Waals surface area contributed by atoms with Crippen molar-refractivity contribution < 1.29 is 0 Å². The fourth-order valence-corrected chi connectivity index (χ4v) is 5.07. The van der Waals surface area contributed by atoms with E-state index in [4.69, 9.17) is 0 Å². The van der Waals surface area contributed by atoms with Crippen LogP contribution in [0.15, 0.2) is 11.0 Å². The van der Waals surface area contributed by atoms with E-state index in [1.165, 1.54) is 115 Å². The van der Waals surface area contributed by atoms with Gasteiger partial charge in [0, 0.05) is 0 Å². The van der Waals surface area contributed by atoms with Gasteiger partial charge in [-0.2, -0.15) is 0 Å². The summed E-state index contributed by atoms with van der Waals surface area (Å²) in [5.41, 5.74) is 1.52. The van der Waals surface area contributed by atoms with Gasteiger partial charge in [-0.15, -0.1) is 0 Å². The number of rotatable bonds is 18. The Hall–Kier alpha value is -0.000519. The van der Waals surface area contributed by atoms with E-state index < -0.39 is 0 Å². The molecule has 0 saturated carbocycles. The molecule has 145 valence electrons. The van der Waals surface area contributed by atoms with Crippen LogP contribution in [-0.2, 0) is 6.42 Å². The SMILES string of the molecule is CCCCCCCCCCC(CCCCCCCC)Cc1[c][se]cc1. The molecule has 0 aromatic carbocycles. The molecule has 0 N–H and O–H groups in total. The molecule has 0 saturated heterocycles. The third-order valence-electron chi connectivity index (χ3n) is 5.47. The third-order valence-corrected chi connectivity index (χ3v) is 6.84. The van der Waals surface area contributed by atoms with Crippen molar-refractivity contribution in [1.82, 2.24) is 0 Å². The molecule has 0 aliphatic carbocycles. The molecule has 1 aromatic heterocycles. The van der Waals surface area contributed by atoms with Gasteiger partial charge in [0.15, 0.2) is 0 Å². The summed E-state index contributed by atoms with van der Waals surface area (Å²) in [5, 5.41) is 0. The number of unbranched alkanes of at least 4 members (excludes halogenated alkanes) is 12. The second-order valence-corrected chi connectivity index (χ2v) is 9.43. The summed E-state index contributed by atoms with van der Waals surface area (Å²) in [6, 6.07) is 2.35. The van der Waals surface area contributed by atoms with Gasteiger partial charge >= 0.3 is 152 Å². The molecule has 0 spiro atoms. The van der Waals surface area contributed by atoms with Crippen molar-refractivity contribution in [2.75, 3.05) is 0 Å². The Morgan fingerprint density at radius 3 is 1.64 bits per heavy atom. The standard InChI is InChI=1S/C24H43Se/c1-3-5-7-9-11-12-14-16-18-23(21-24-19-20-25-22-24)17-15-13-10-8-6-4-2/h19-20,23H,3-18,21H2,1-2H3. The molecule has 1 radical (unpaired) electrons. The van der Waals surface area contributed by atoms with Crippen LogP contribution in [0.5, 0.6) is 0 Å². The van der Waals surface area contributed by atoms with Gasteiger partial charge in [0.2, 0.25) is 0 Å². The number of hydrogen-bond donors (Lipinski definition) is 0. The predicted molar refractivity (Wildman–Crippen MR) is 115 cm³/mol. The van der Waals surface area contributed by atoms with Crippen molar-refractivity contribution in [2.24, 2.45) is 5.92 Å². The van der Waals surface area contributed by atoms with Crippen LogP contribution in [0.2, 0.25) is 0 Å². The first kappa shape index (κ1) is 23.0. The third kappa shape index (κ3) is 13.8. The normalized spacial score (nSPS) is 12.6. The summed E-state index contributed by atoms with van der Waals surface area (Å²) in [6.45, 7) is 4.61. The molecule has 0 aliphatic heterocycles. The van der Waals surface area contributed by atoms with Gasteiger partial charge in [0.05, 0.1) is 0 Å². The molecule has 1 atom stereocenters. The van der Waals surface area contributed by atoms with Crippen LogP contribution < -0.4 is 0 Å².